The quantitative estimate of drug-likeness (QED) is 0.877. The number of hydrogen-bond donors (Lipinski definition) is 1. The fourth-order valence-electron chi connectivity index (χ4n) is 1.51. The predicted octanol–water partition coefficient (Wildman–Crippen LogP) is 1.72. The molecule has 0 aliphatic heterocycles. The molecule has 17 heavy (non-hydrogen) atoms. The van der Waals surface area contributed by atoms with E-state index in [1.54, 1.807) is 26.4 Å². The lowest BCUT2D eigenvalue weighted by Gasteiger charge is -2.17. The monoisotopic (exact) mass is 261 g/mol. The van der Waals surface area contributed by atoms with E-state index in [-0.39, 0.29) is 12.4 Å². The summed E-state index contributed by atoms with van der Waals surface area (Å²) >= 11 is 0. The Hall–Kier alpha value is -0.970. The summed E-state index contributed by atoms with van der Waals surface area (Å²) in [5.74, 6) is 1.31. The molecular weight excluding hydrogens is 242 g/mol. The summed E-state index contributed by atoms with van der Waals surface area (Å²) < 4.78 is 10.3. The van der Waals surface area contributed by atoms with E-state index in [9.17, 15) is 5.11 Å². The van der Waals surface area contributed by atoms with E-state index in [1.165, 1.54) is 0 Å². The smallest absolute Gasteiger partial charge is 0.161 e. The summed E-state index contributed by atoms with van der Waals surface area (Å²) in [6.07, 6.45) is -0.519. The number of benzene rings is 1. The maximum atomic E-state index is 9.94. The first-order valence-electron chi connectivity index (χ1n) is 5.13. The second-order valence-corrected chi connectivity index (χ2v) is 3.89. The third-order valence-corrected chi connectivity index (χ3v) is 2.33. The molecule has 1 rings (SSSR count). The van der Waals surface area contributed by atoms with E-state index < -0.39 is 6.10 Å². The Morgan fingerprint density at radius 2 is 1.76 bits per heavy atom. The molecule has 0 fully saturated rings. The van der Waals surface area contributed by atoms with Crippen molar-refractivity contribution >= 4 is 12.4 Å². The maximum Gasteiger partial charge on any atom is 0.161 e. The molecule has 0 bridgehead atoms. The van der Waals surface area contributed by atoms with Crippen LogP contribution in [0, 0.1) is 0 Å². The van der Waals surface area contributed by atoms with E-state index in [0.29, 0.717) is 18.0 Å². The molecule has 0 aliphatic carbocycles. The lowest BCUT2D eigenvalue weighted by Crippen LogP contribution is -2.20. The Bertz CT molecular complexity index is 345. The summed E-state index contributed by atoms with van der Waals surface area (Å²) in [5.41, 5.74) is 0.825. The summed E-state index contributed by atoms with van der Waals surface area (Å²) in [6, 6.07) is 5.44. The molecule has 0 unspecified atom stereocenters. The Kier molecular flexibility index (Phi) is 6.95. The zero-order valence-electron chi connectivity index (χ0n) is 10.6. The first-order chi connectivity index (χ1) is 7.58. The second-order valence-electron chi connectivity index (χ2n) is 3.89. The van der Waals surface area contributed by atoms with Crippen molar-refractivity contribution in [2.24, 2.45) is 0 Å². The number of hydrogen-bond acceptors (Lipinski definition) is 4. The molecule has 0 spiro atoms. The molecule has 5 heteroatoms. The summed E-state index contributed by atoms with van der Waals surface area (Å²) in [4.78, 5) is 1.93. The van der Waals surface area contributed by atoms with Crippen LogP contribution in [0.2, 0.25) is 0 Å². The van der Waals surface area contributed by atoms with Gasteiger partial charge in [-0.1, -0.05) is 6.07 Å². The van der Waals surface area contributed by atoms with Crippen molar-refractivity contribution in [1.29, 1.82) is 0 Å². The molecule has 1 atom stereocenters. The van der Waals surface area contributed by atoms with Gasteiger partial charge in [0.2, 0.25) is 0 Å². The van der Waals surface area contributed by atoms with Gasteiger partial charge in [-0.05, 0) is 31.8 Å². The number of nitrogens with zero attached hydrogens (tertiary/aromatic N) is 1. The van der Waals surface area contributed by atoms with E-state index in [4.69, 9.17) is 9.47 Å². The van der Waals surface area contributed by atoms with Crippen molar-refractivity contribution in [1.82, 2.24) is 4.90 Å². The van der Waals surface area contributed by atoms with Gasteiger partial charge in [-0.25, -0.2) is 0 Å². The van der Waals surface area contributed by atoms with E-state index in [0.717, 1.165) is 5.56 Å². The van der Waals surface area contributed by atoms with Crippen LogP contribution in [-0.2, 0) is 0 Å². The van der Waals surface area contributed by atoms with Crippen LogP contribution in [-0.4, -0.2) is 44.9 Å². The zero-order valence-corrected chi connectivity index (χ0v) is 11.5. The minimum atomic E-state index is -0.519. The van der Waals surface area contributed by atoms with Crippen molar-refractivity contribution in [3.05, 3.63) is 23.8 Å². The van der Waals surface area contributed by atoms with Gasteiger partial charge in [0.1, 0.15) is 0 Å². The van der Waals surface area contributed by atoms with Crippen LogP contribution in [0.5, 0.6) is 11.5 Å². The fraction of sp³-hybridized carbons (Fsp3) is 0.500. The summed E-state index contributed by atoms with van der Waals surface area (Å²) in [5, 5.41) is 9.94. The van der Waals surface area contributed by atoms with Crippen LogP contribution in [0.3, 0.4) is 0 Å². The molecule has 1 aromatic rings. The molecule has 4 nitrogen and oxygen atoms in total. The molecule has 0 radical (unpaired) electrons. The second kappa shape index (κ2) is 7.37. The molecule has 0 saturated carbocycles. The number of aliphatic hydroxyl groups excluding tert-OH is 1. The number of halogens is 1. The third kappa shape index (κ3) is 4.42. The number of likely N-dealkylation sites (N-methyl/N-ethyl adjacent to an activating group) is 1. The highest BCUT2D eigenvalue weighted by Gasteiger charge is 2.12. The van der Waals surface area contributed by atoms with E-state index in [2.05, 4.69) is 0 Å². The Morgan fingerprint density at radius 3 is 2.24 bits per heavy atom. The molecule has 0 amide bonds. The summed E-state index contributed by atoms with van der Waals surface area (Å²) in [6.45, 7) is 0.579. The zero-order chi connectivity index (χ0) is 12.1. The van der Waals surface area contributed by atoms with Gasteiger partial charge in [0.15, 0.2) is 11.5 Å². The van der Waals surface area contributed by atoms with Crippen LogP contribution in [0.25, 0.3) is 0 Å². The molecule has 0 heterocycles. The predicted molar refractivity (Wildman–Crippen MR) is 70.3 cm³/mol. The molecule has 0 aromatic heterocycles. The average molecular weight is 262 g/mol. The minimum Gasteiger partial charge on any atom is -0.493 e. The number of aliphatic hydroxyl groups is 1. The Balaban J connectivity index is 0.00000256. The number of ether oxygens (including phenoxy) is 2. The van der Waals surface area contributed by atoms with Gasteiger partial charge in [-0.2, -0.15) is 0 Å². The Morgan fingerprint density at radius 1 is 1.18 bits per heavy atom. The first-order valence-corrected chi connectivity index (χ1v) is 5.13. The molecule has 0 aliphatic rings. The average Bonchev–Trinajstić information content (AvgIpc) is 2.27. The standard InChI is InChI=1S/C12H19NO3.ClH/c1-13(2)8-10(14)9-5-6-11(15-3)12(7-9)16-4;/h5-7,10,14H,8H2,1-4H3;1H/t10-;/m1./s1. The molecule has 0 saturated heterocycles. The van der Waals surface area contributed by atoms with E-state index >= 15 is 0 Å². The minimum absolute atomic E-state index is 0. The van der Waals surface area contributed by atoms with Crippen LogP contribution >= 0.6 is 12.4 Å². The normalized spacial score (nSPS) is 11.9. The van der Waals surface area contributed by atoms with Crippen molar-refractivity contribution in [2.45, 2.75) is 6.10 Å². The lowest BCUT2D eigenvalue weighted by molar-refractivity contribution is 0.138. The van der Waals surface area contributed by atoms with Gasteiger partial charge in [0, 0.05) is 6.54 Å². The topological polar surface area (TPSA) is 41.9 Å². The van der Waals surface area contributed by atoms with Crippen LogP contribution in [0.1, 0.15) is 11.7 Å². The SMILES string of the molecule is COc1ccc([C@H](O)CN(C)C)cc1OC.Cl. The first kappa shape index (κ1) is 16.0. The van der Waals surface area contributed by atoms with Crippen LogP contribution in [0.4, 0.5) is 0 Å². The van der Waals surface area contributed by atoms with Gasteiger partial charge in [-0.3, -0.25) is 0 Å². The molecule has 1 N–H and O–H groups in total. The van der Waals surface area contributed by atoms with Gasteiger partial charge in [-0.15, -0.1) is 12.4 Å². The molecule has 98 valence electrons. The lowest BCUT2D eigenvalue weighted by atomic mass is 10.1. The van der Waals surface area contributed by atoms with Crippen LogP contribution in [0.15, 0.2) is 18.2 Å². The molecule has 1 aromatic carbocycles. The number of rotatable bonds is 5. The highest BCUT2D eigenvalue weighted by atomic mass is 35.5. The maximum absolute atomic E-state index is 9.94. The van der Waals surface area contributed by atoms with Crippen molar-refractivity contribution in [3.63, 3.8) is 0 Å². The van der Waals surface area contributed by atoms with Crippen molar-refractivity contribution in [2.75, 3.05) is 34.9 Å². The van der Waals surface area contributed by atoms with Gasteiger partial charge < -0.3 is 19.5 Å². The van der Waals surface area contributed by atoms with Gasteiger partial charge >= 0.3 is 0 Å². The van der Waals surface area contributed by atoms with E-state index in [1.807, 2.05) is 25.1 Å². The Labute approximate surface area is 109 Å². The molecular formula is C12H20ClNO3. The van der Waals surface area contributed by atoms with Crippen LogP contribution < -0.4 is 9.47 Å². The largest absolute Gasteiger partial charge is 0.493 e. The number of methoxy groups -OCH3 is 2. The van der Waals surface area contributed by atoms with Gasteiger partial charge in [0.05, 0.1) is 20.3 Å². The van der Waals surface area contributed by atoms with Crippen molar-refractivity contribution in [3.8, 4) is 11.5 Å². The highest BCUT2D eigenvalue weighted by Crippen LogP contribution is 2.29. The highest BCUT2D eigenvalue weighted by molar-refractivity contribution is 5.85. The van der Waals surface area contributed by atoms with Crippen molar-refractivity contribution < 1.29 is 14.6 Å². The third-order valence-electron chi connectivity index (χ3n) is 2.33. The van der Waals surface area contributed by atoms with Gasteiger partial charge in [0.25, 0.3) is 0 Å². The fourth-order valence-corrected chi connectivity index (χ4v) is 1.51. The summed E-state index contributed by atoms with van der Waals surface area (Å²) in [7, 11) is 7.02.